The summed E-state index contributed by atoms with van der Waals surface area (Å²) in [6, 6.07) is 9.66. The number of nitrogens with one attached hydrogen (secondary N) is 1. The second-order valence-electron chi connectivity index (χ2n) is 7.28. The van der Waals surface area contributed by atoms with Crippen LogP contribution in [0.4, 0.5) is 0 Å². The van der Waals surface area contributed by atoms with Crippen molar-refractivity contribution in [2.75, 3.05) is 27.9 Å². The van der Waals surface area contributed by atoms with Crippen LogP contribution in [-0.4, -0.2) is 38.9 Å². The van der Waals surface area contributed by atoms with Crippen LogP contribution in [0.3, 0.4) is 0 Å². The molecule has 2 heterocycles. The average Bonchev–Trinajstić information content (AvgIpc) is 2.86. The third-order valence-corrected chi connectivity index (χ3v) is 6.36. The Kier molecular flexibility index (Phi) is 8.44. The topological polar surface area (TPSA) is 103 Å². The summed E-state index contributed by atoms with van der Waals surface area (Å²) >= 11 is 1.47. The molecular weight excluding hydrogens is 454 g/mol. The van der Waals surface area contributed by atoms with Crippen molar-refractivity contribution in [1.29, 1.82) is 5.26 Å². The Morgan fingerprint density at radius 2 is 1.91 bits per heavy atom. The molecule has 1 aliphatic rings. The van der Waals surface area contributed by atoms with E-state index in [1.165, 1.54) is 33.1 Å². The molecule has 0 radical (unpaired) electrons. The van der Waals surface area contributed by atoms with E-state index in [1.807, 2.05) is 12.1 Å². The van der Waals surface area contributed by atoms with Gasteiger partial charge >= 0.3 is 5.97 Å². The van der Waals surface area contributed by atoms with E-state index in [0.717, 1.165) is 5.56 Å². The molecule has 34 heavy (non-hydrogen) atoms. The van der Waals surface area contributed by atoms with E-state index in [-0.39, 0.29) is 6.61 Å². The van der Waals surface area contributed by atoms with Crippen molar-refractivity contribution in [3.8, 4) is 23.3 Å². The fourth-order valence-electron chi connectivity index (χ4n) is 3.75. The number of dihydropyridines is 1. The number of carbonyl (C=O) groups is 1. The predicted molar refractivity (Wildman–Crippen MR) is 129 cm³/mol. The Morgan fingerprint density at radius 3 is 2.44 bits per heavy atom. The molecular formula is C25H27N3O5S. The van der Waals surface area contributed by atoms with Crippen molar-refractivity contribution in [3.63, 3.8) is 0 Å². The van der Waals surface area contributed by atoms with Gasteiger partial charge in [-0.3, -0.25) is 4.98 Å². The molecule has 1 N–H and O–H groups in total. The van der Waals surface area contributed by atoms with Gasteiger partial charge in [-0.15, -0.1) is 11.8 Å². The zero-order valence-electron chi connectivity index (χ0n) is 19.8. The van der Waals surface area contributed by atoms with Gasteiger partial charge in [0.2, 0.25) is 5.75 Å². The summed E-state index contributed by atoms with van der Waals surface area (Å²) in [5, 5.41) is 14.1. The van der Waals surface area contributed by atoms with Crippen molar-refractivity contribution < 1.29 is 23.7 Å². The highest BCUT2D eigenvalue weighted by molar-refractivity contribution is 8.02. The zero-order valence-corrected chi connectivity index (χ0v) is 20.6. The first-order chi connectivity index (χ1) is 16.5. The zero-order chi connectivity index (χ0) is 24.7. The number of rotatable bonds is 9. The Hall–Kier alpha value is -3.64. The van der Waals surface area contributed by atoms with E-state index in [0.29, 0.717) is 50.4 Å². The maximum atomic E-state index is 13.0. The number of pyridine rings is 1. The van der Waals surface area contributed by atoms with Crippen LogP contribution in [-0.2, 0) is 15.3 Å². The monoisotopic (exact) mass is 481 g/mol. The van der Waals surface area contributed by atoms with E-state index in [9.17, 15) is 10.1 Å². The number of ether oxygens (including phenoxy) is 4. The minimum atomic E-state index is -0.685. The fourth-order valence-corrected chi connectivity index (χ4v) is 4.77. The third-order valence-electron chi connectivity index (χ3n) is 5.27. The number of methoxy groups -OCH3 is 3. The standard InChI is InChI=1S/C25H27N3O5S/c1-6-33-25(29)21-15(2)28-24(34-14-16-8-7-9-27-13-16)18(12-26)22(21)17-10-19(30-3)23(32-5)20(11-17)31-4/h7-11,13,22,28H,6,14H2,1-5H3. The molecule has 2 aromatic rings. The van der Waals surface area contributed by atoms with Crippen LogP contribution in [0.25, 0.3) is 0 Å². The summed E-state index contributed by atoms with van der Waals surface area (Å²) in [6.45, 7) is 3.76. The Balaban J connectivity index is 2.16. The molecule has 0 saturated heterocycles. The highest BCUT2D eigenvalue weighted by Gasteiger charge is 2.36. The Labute approximate surface area is 203 Å². The van der Waals surface area contributed by atoms with Crippen LogP contribution >= 0.6 is 11.8 Å². The van der Waals surface area contributed by atoms with E-state index in [1.54, 1.807) is 38.4 Å². The highest BCUT2D eigenvalue weighted by atomic mass is 32.2. The lowest BCUT2D eigenvalue weighted by Crippen LogP contribution is -2.29. The molecule has 1 aromatic heterocycles. The van der Waals surface area contributed by atoms with Gasteiger partial charge in [-0.2, -0.15) is 5.26 Å². The molecule has 8 nitrogen and oxygen atoms in total. The minimum Gasteiger partial charge on any atom is -0.493 e. The summed E-state index contributed by atoms with van der Waals surface area (Å²) in [4.78, 5) is 17.2. The summed E-state index contributed by atoms with van der Waals surface area (Å²) in [5.41, 5.74) is 3.04. The summed E-state index contributed by atoms with van der Waals surface area (Å²) in [7, 11) is 4.56. The van der Waals surface area contributed by atoms with Gasteiger partial charge in [0.05, 0.1) is 56.1 Å². The minimum absolute atomic E-state index is 0.214. The SMILES string of the molecule is CCOC(=O)C1=C(C)NC(SCc2cccnc2)=C(C#N)C1c1cc(OC)c(OC)c(OC)c1. The lowest BCUT2D eigenvalue weighted by Gasteiger charge is -2.30. The first kappa shape index (κ1) is 25.0. The van der Waals surface area contributed by atoms with Crippen LogP contribution < -0.4 is 19.5 Å². The number of benzene rings is 1. The normalized spacial score (nSPS) is 15.4. The lowest BCUT2D eigenvalue weighted by atomic mass is 9.82. The Morgan fingerprint density at radius 1 is 1.21 bits per heavy atom. The molecule has 1 aliphatic heterocycles. The molecule has 1 aromatic carbocycles. The van der Waals surface area contributed by atoms with Crippen molar-refractivity contribution in [1.82, 2.24) is 10.3 Å². The molecule has 0 amide bonds. The molecule has 1 atom stereocenters. The largest absolute Gasteiger partial charge is 0.493 e. The number of esters is 1. The molecule has 0 fully saturated rings. The number of hydrogen-bond donors (Lipinski definition) is 1. The van der Waals surface area contributed by atoms with Crippen molar-refractivity contribution in [2.24, 2.45) is 0 Å². The molecule has 3 rings (SSSR count). The number of nitrogens with zero attached hydrogens (tertiary/aromatic N) is 2. The van der Waals surface area contributed by atoms with Crippen LogP contribution in [0.15, 0.2) is 58.5 Å². The highest BCUT2D eigenvalue weighted by Crippen LogP contribution is 2.46. The Bertz CT molecular complexity index is 1130. The van der Waals surface area contributed by atoms with E-state index in [4.69, 9.17) is 18.9 Å². The maximum Gasteiger partial charge on any atom is 0.336 e. The quantitative estimate of drug-likeness (QED) is 0.525. The molecule has 0 spiro atoms. The first-order valence-corrected chi connectivity index (χ1v) is 11.6. The molecule has 0 aliphatic carbocycles. The summed E-state index contributed by atoms with van der Waals surface area (Å²) in [5.74, 6) is 0.711. The fraction of sp³-hybridized carbons (Fsp3) is 0.320. The lowest BCUT2D eigenvalue weighted by molar-refractivity contribution is -0.138. The molecule has 178 valence electrons. The van der Waals surface area contributed by atoms with Gasteiger partial charge in [0.15, 0.2) is 11.5 Å². The van der Waals surface area contributed by atoms with Gasteiger partial charge in [-0.25, -0.2) is 4.79 Å². The third kappa shape index (κ3) is 5.13. The molecule has 0 saturated carbocycles. The molecule has 9 heteroatoms. The van der Waals surface area contributed by atoms with Gasteiger partial charge in [0.1, 0.15) is 0 Å². The van der Waals surface area contributed by atoms with Crippen molar-refractivity contribution >= 4 is 17.7 Å². The van der Waals surface area contributed by atoms with E-state index >= 15 is 0 Å². The number of carbonyl (C=O) groups excluding carboxylic acids is 1. The van der Waals surface area contributed by atoms with Gasteiger partial charge in [0, 0.05) is 23.8 Å². The van der Waals surface area contributed by atoms with Crippen LogP contribution in [0, 0.1) is 11.3 Å². The van der Waals surface area contributed by atoms with Gasteiger partial charge < -0.3 is 24.3 Å². The van der Waals surface area contributed by atoms with Gasteiger partial charge in [-0.05, 0) is 43.2 Å². The van der Waals surface area contributed by atoms with Gasteiger partial charge in [0.25, 0.3) is 0 Å². The van der Waals surface area contributed by atoms with Crippen molar-refractivity contribution in [3.05, 3.63) is 69.7 Å². The predicted octanol–water partition coefficient (Wildman–Crippen LogP) is 4.30. The van der Waals surface area contributed by atoms with Crippen molar-refractivity contribution in [2.45, 2.75) is 25.5 Å². The summed E-state index contributed by atoms with van der Waals surface area (Å²) < 4.78 is 21.8. The second-order valence-corrected chi connectivity index (χ2v) is 8.27. The maximum absolute atomic E-state index is 13.0. The van der Waals surface area contributed by atoms with Gasteiger partial charge in [-0.1, -0.05) is 6.07 Å². The molecule has 1 unspecified atom stereocenters. The van der Waals surface area contributed by atoms with Crippen LogP contribution in [0.5, 0.6) is 17.2 Å². The van der Waals surface area contributed by atoms with Crippen LogP contribution in [0.2, 0.25) is 0 Å². The van der Waals surface area contributed by atoms with Crippen LogP contribution in [0.1, 0.15) is 30.9 Å². The second kappa shape index (κ2) is 11.5. The number of allylic oxidation sites excluding steroid dienone is 2. The first-order valence-electron chi connectivity index (χ1n) is 10.6. The smallest absolute Gasteiger partial charge is 0.336 e. The number of aromatic nitrogens is 1. The van der Waals surface area contributed by atoms with E-state index < -0.39 is 11.9 Å². The number of nitriles is 1. The molecule has 0 bridgehead atoms. The van der Waals surface area contributed by atoms with E-state index in [2.05, 4.69) is 16.4 Å². The number of thioether (sulfide) groups is 1. The average molecular weight is 482 g/mol. The number of hydrogen-bond acceptors (Lipinski definition) is 9. The summed E-state index contributed by atoms with van der Waals surface area (Å²) in [6.07, 6.45) is 3.50.